The van der Waals surface area contributed by atoms with Gasteiger partial charge in [-0.3, -0.25) is 9.88 Å². The number of benzene rings is 2. The Morgan fingerprint density at radius 1 is 1.09 bits per heavy atom. The average molecular weight is 648 g/mol. The van der Waals surface area contributed by atoms with E-state index >= 15 is 8.78 Å². The zero-order valence-corrected chi connectivity index (χ0v) is 26.4. The molecule has 4 aliphatic rings. The number of rotatable bonds is 6. The molecular formula is C35H39F2N5O5. The van der Waals surface area contributed by atoms with Crippen LogP contribution in [0.2, 0.25) is 0 Å². The highest BCUT2D eigenvalue weighted by Gasteiger charge is 2.51. The minimum Gasteiger partial charge on any atom is -0.508 e. The van der Waals surface area contributed by atoms with Gasteiger partial charge in [0.15, 0.2) is 5.82 Å². The van der Waals surface area contributed by atoms with Crippen molar-refractivity contribution in [1.29, 1.82) is 0 Å². The number of hydrogen-bond donors (Lipinski definition) is 2. The third-order valence-electron chi connectivity index (χ3n) is 10.5. The molecule has 3 aliphatic heterocycles. The Bertz CT molecular complexity index is 1840. The molecule has 5 heterocycles. The molecule has 12 heteroatoms. The molecule has 1 aliphatic carbocycles. The number of aliphatic hydroxyl groups is 1. The van der Waals surface area contributed by atoms with Gasteiger partial charge in [-0.15, -0.1) is 0 Å². The smallest absolute Gasteiger partial charge is 0.319 e. The number of nitrogens with zero attached hydrogens (tertiary/aromatic N) is 5. The van der Waals surface area contributed by atoms with Crippen molar-refractivity contribution >= 4 is 27.5 Å². The van der Waals surface area contributed by atoms with Crippen LogP contribution in [0.4, 0.5) is 14.6 Å². The highest BCUT2D eigenvalue weighted by atomic mass is 19.1. The summed E-state index contributed by atoms with van der Waals surface area (Å²) >= 11 is 0. The van der Waals surface area contributed by atoms with Gasteiger partial charge in [0.05, 0.1) is 51.0 Å². The molecule has 248 valence electrons. The fourth-order valence-corrected chi connectivity index (χ4v) is 8.25. The molecular weight excluding hydrogens is 608 g/mol. The van der Waals surface area contributed by atoms with Gasteiger partial charge >= 0.3 is 6.01 Å². The molecule has 3 atom stereocenters. The molecule has 4 fully saturated rings. The van der Waals surface area contributed by atoms with Gasteiger partial charge in [-0.25, -0.2) is 8.78 Å². The van der Waals surface area contributed by atoms with E-state index in [1.54, 1.807) is 13.0 Å². The molecule has 2 aromatic heterocycles. The van der Waals surface area contributed by atoms with E-state index in [1.165, 1.54) is 30.5 Å². The van der Waals surface area contributed by atoms with Crippen molar-refractivity contribution in [2.45, 2.75) is 56.7 Å². The van der Waals surface area contributed by atoms with Crippen LogP contribution in [-0.2, 0) is 9.47 Å². The Morgan fingerprint density at radius 3 is 2.77 bits per heavy atom. The Hall–Kier alpha value is -3.71. The summed E-state index contributed by atoms with van der Waals surface area (Å²) in [6.45, 7) is 5.75. The summed E-state index contributed by atoms with van der Waals surface area (Å²) in [5.41, 5.74) is -1.31. The molecule has 8 rings (SSSR count). The lowest BCUT2D eigenvalue weighted by Gasteiger charge is -2.51. The number of halogens is 2. The number of hydrogen-bond acceptors (Lipinski definition) is 10. The largest absolute Gasteiger partial charge is 0.508 e. The van der Waals surface area contributed by atoms with E-state index in [0.29, 0.717) is 48.4 Å². The molecule has 0 bridgehead atoms. The number of aromatic hydroxyl groups is 1. The van der Waals surface area contributed by atoms with Gasteiger partial charge in [0.25, 0.3) is 0 Å². The molecule has 3 unspecified atom stereocenters. The molecule has 4 aromatic rings. The summed E-state index contributed by atoms with van der Waals surface area (Å²) in [6.07, 6.45) is 6.82. The molecule has 0 amide bonds. The van der Waals surface area contributed by atoms with Gasteiger partial charge in [-0.2, -0.15) is 9.97 Å². The number of ether oxygens (including phenoxy) is 3. The first-order valence-electron chi connectivity index (χ1n) is 16.5. The van der Waals surface area contributed by atoms with Gasteiger partial charge in [-0.05, 0) is 62.7 Å². The maximum absolute atomic E-state index is 16.8. The van der Waals surface area contributed by atoms with E-state index in [9.17, 15) is 10.2 Å². The first-order chi connectivity index (χ1) is 22.7. The molecule has 1 saturated carbocycles. The van der Waals surface area contributed by atoms with Crippen LogP contribution in [0.3, 0.4) is 0 Å². The van der Waals surface area contributed by atoms with Gasteiger partial charge in [-0.1, -0.05) is 18.6 Å². The summed E-state index contributed by atoms with van der Waals surface area (Å²) < 4.78 is 49.6. The van der Waals surface area contributed by atoms with E-state index in [-0.39, 0.29) is 52.5 Å². The van der Waals surface area contributed by atoms with Crippen LogP contribution in [0.5, 0.6) is 11.8 Å². The zero-order chi connectivity index (χ0) is 32.3. The van der Waals surface area contributed by atoms with E-state index in [1.807, 2.05) is 4.90 Å². The van der Waals surface area contributed by atoms with Crippen LogP contribution in [0.1, 0.15) is 39.0 Å². The molecule has 3 saturated heterocycles. The molecule has 0 spiro atoms. The van der Waals surface area contributed by atoms with Crippen LogP contribution in [0, 0.1) is 17.0 Å². The quantitative estimate of drug-likeness (QED) is 0.302. The number of phenolic OH excluding ortho intramolecular Hbond substituents is 1. The minimum absolute atomic E-state index is 0.0319. The minimum atomic E-state index is -1.18. The molecule has 47 heavy (non-hydrogen) atoms. The monoisotopic (exact) mass is 647 g/mol. The number of likely N-dealkylation sites (tertiary alicyclic amines) is 1. The molecule has 0 radical (unpaired) electrons. The Balaban J connectivity index is 1.23. The number of piperidine rings is 1. The normalized spacial score (nSPS) is 27.1. The molecule has 2 N–H and O–H groups in total. The van der Waals surface area contributed by atoms with Gasteiger partial charge in [0, 0.05) is 35.1 Å². The topological polar surface area (TPSA) is 113 Å². The van der Waals surface area contributed by atoms with Gasteiger partial charge in [0.1, 0.15) is 34.2 Å². The van der Waals surface area contributed by atoms with Crippen molar-refractivity contribution in [1.82, 2.24) is 19.9 Å². The van der Waals surface area contributed by atoms with Crippen molar-refractivity contribution in [3.63, 3.8) is 0 Å². The maximum Gasteiger partial charge on any atom is 0.319 e. The standard InChI is InChI=1S/C35H39F2N5O5/c1-34(44)18-41(11-12-45-19-34)32-25-15-38-30(24-14-23(43)13-21-5-2-6-26(36)28(21)24)29(37)31(25)39-33(40-32)47-20-35-8-3-7-27(35)42(10-4-9-35)22-16-46-17-22/h2,5-6,13-15,22,27,43-44H,3-4,7-12,16-20H2,1H3. The highest BCUT2D eigenvalue weighted by molar-refractivity contribution is 6.00. The second kappa shape index (κ2) is 11.8. The predicted octanol–water partition coefficient (Wildman–Crippen LogP) is 4.83. The fourth-order valence-electron chi connectivity index (χ4n) is 8.25. The van der Waals surface area contributed by atoms with Crippen LogP contribution in [0.15, 0.2) is 36.5 Å². The third-order valence-corrected chi connectivity index (χ3v) is 10.5. The van der Waals surface area contributed by atoms with Gasteiger partial charge in [0.2, 0.25) is 0 Å². The number of fused-ring (bicyclic) bond motifs is 3. The van der Waals surface area contributed by atoms with E-state index < -0.39 is 17.2 Å². The molecule has 2 aromatic carbocycles. The van der Waals surface area contributed by atoms with Crippen LogP contribution >= 0.6 is 0 Å². The lowest BCUT2D eigenvalue weighted by atomic mass is 9.75. The van der Waals surface area contributed by atoms with Crippen LogP contribution < -0.4 is 9.64 Å². The third kappa shape index (κ3) is 5.44. The second-order valence-corrected chi connectivity index (χ2v) is 13.9. The SMILES string of the molecule is CC1(O)COCCN(c2nc(OCC34CCCC3N(C3COC3)CCC4)nc3c(F)c(-c4cc(O)cc5cccc(F)c45)ncc23)C1. The first kappa shape index (κ1) is 30.6. The van der Waals surface area contributed by atoms with Crippen molar-refractivity contribution < 1.29 is 33.2 Å². The Labute approximate surface area is 271 Å². The Morgan fingerprint density at radius 2 is 1.94 bits per heavy atom. The zero-order valence-electron chi connectivity index (χ0n) is 26.4. The molecule has 10 nitrogen and oxygen atoms in total. The maximum atomic E-state index is 16.8. The van der Waals surface area contributed by atoms with E-state index in [0.717, 1.165) is 51.9 Å². The Kier molecular flexibility index (Phi) is 7.66. The number of β-amino-alcohol motifs (C(OH)–C–C–N with tert-alkyl or cyclic N) is 1. The number of phenols is 1. The summed E-state index contributed by atoms with van der Waals surface area (Å²) in [5, 5.41) is 22.4. The summed E-state index contributed by atoms with van der Waals surface area (Å²) in [6, 6.07) is 8.08. The van der Waals surface area contributed by atoms with E-state index in [4.69, 9.17) is 19.2 Å². The van der Waals surface area contributed by atoms with Crippen LogP contribution in [0.25, 0.3) is 32.9 Å². The lowest BCUT2D eigenvalue weighted by Crippen LogP contribution is -2.60. The number of anilines is 1. The van der Waals surface area contributed by atoms with Crippen molar-refractivity contribution in [3.8, 4) is 23.0 Å². The van der Waals surface area contributed by atoms with E-state index in [2.05, 4.69) is 14.9 Å². The first-order valence-corrected chi connectivity index (χ1v) is 16.5. The summed E-state index contributed by atoms with van der Waals surface area (Å²) in [7, 11) is 0. The van der Waals surface area contributed by atoms with Crippen LogP contribution in [-0.4, -0.2) is 100 Å². The van der Waals surface area contributed by atoms with Crippen molar-refractivity contribution in [3.05, 3.63) is 48.2 Å². The highest BCUT2D eigenvalue weighted by Crippen LogP contribution is 2.49. The number of pyridine rings is 1. The van der Waals surface area contributed by atoms with Crippen molar-refractivity contribution in [2.75, 3.05) is 57.6 Å². The predicted molar refractivity (Wildman–Crippen MR) is 172 cm³/mol. The van der Waals surface area contributed by atoms with Gasteiger partial charge < -0.3 is 29.3 Å². The van der Waals surface area contributed by atoms with Crippen molar-refractivity contribution in [2.24, 2.45) is 5.41 Å². The average Bonchev–Trinajstić information content (AvgIpc) is 3.37. The fraction of sp³-hybridized carbons (Fsp3) is 0.514. The summed E-state index contributed by atoms with van der Waals surface area (Å²) in [4.78, 5) is 18.3. The summed E-state index contributed by atoms with van der Waals surface area (Å²) in [5.74, 6) is -1.11. The number of aromatic nitrogens is 3. The second-order valence-electron chi connectivity index (χ2n) is 13.9. The lowest BCUT2D eigenvalue weighted by molar-refractivity contribution is -0.115.